The zero-order valence-electron chi connectivity index (χ0n) is 7.17. The third kappa shape index (κ3) is 2.20. The van der Waals surface area contributed by atoms with Crippen LogP contribution in [0.15, 0.2) is 0 Å². The number of rotatable bonds is 3. The molecule has 0 saturated carbocycles. The summed E-state index contributed by atoms with van der Waals surface area (Å²) in [6.45, 7) is 1.16. The average molecular weight is 316 g/mol. The van der Waals surface area contributed by atoms with Crippen LogP contribution < -0.4 is 0 Å². The van der Waals surface area contributed by atoms with E-state index in [1.807, 2.05) is 0 Å². The summed E-state index contributed by atoms with van der Waals surface area (Å²) in [7, 11) is 0. The highest BCUT2D eigenvalue weighted by Gasteiger charge is 2.20. The lowest BCUT2D eigenvalue weighted by molar-refractivity contribution is -0.137. The number of nitrogens with zero attached hydrogens (tertiary/aromatic N) is 2. The highest BCUT2D eigenvalue weighted by molar-refractivity contribution is 14.1. The third-order valence-corrected chi connectivity index (χ3v) is 2.98. The Hall–Kier alpha value is -0.730. The summed E-state index contributed by atoms with van der Waals surface area (Å²) in [4.78, 5) is 10.4. The monoisotopic (exact) mass is 316 g/mol. The summed E-state index contributed by atoms with van der Waals surface area (Å²) in [5.41, 5.74) is 0.0904. The van der Waals surface area contributed by atoms with Crippen LogP contribution in [0.4, 0.5) is 8.78 Å². The van der Waals surface area contributed by atoms with Crippen LogP contribution >= 0.6 is 22.6 Å². The predicted molar refractivity (Wildman–Crippen MR) is 52.3 cm³/mol. The normalized spacial score (nSPS) is 10.9. The quantitative estimate of drug-likeness (QED) is 0.866. The molecule has 1 heterocycles. The van der Waals surface area contributed by atoms with Gasteiger partial charge in [0.2, 0.25) is 0 Å². The minimum absolute atomic E-state index is 0.318. The van der Waals surface area contributed by atoms with Gasteiger partial charge in [0.1, 0.15) is 12.2 Å². The molecule has 7 heteroatoms. The zero-order valence-corrected chi connectivity index (χ0v) is 9.33. The molecule has 0 radical (unpaired) electrons. The summed E-state index contributed by atoms with van der Waals surface area (Å²) in [5, 5.41) is 12.0. The molecule has 1 aromatic rings. The molecule has 0 amide bonds. The SMILES string of the molecule is Cc1c(I)c(C(F)F)nn1CC(=O)O. The Morgan fingerprint density at radius 1 is 1.71 bits per heavy atom. The Labute approximate surface area is 92.0 Å². The fourth-order valence-electron chi connectivity index (χ4n) is 0.969. The van der Waals surface area contributed by atoms with E-state index in [1.54, 1.807) is 29.5 Å². The second-order valence-corrected chi connectivity index (χ2v) is 3.72. The third-order valence-electron chi connectivity index (χ3n) is 1.65. The molecule has 0 bridgehead atoms. The number of hydrogen-bond acceptors (Lipinski definition) is 2. The molecule has 1 rings (SSSR count). The van der Waals surface area contributed by atoms with Crippen LogP contribution in [-0.2, 0) is 11.3 Å². The molecule has 78 valence electrons. The van der Waals surface area contributed by atoms with Crippen molar-refractivity contribution >= 4 is 28.6 Å². The van der Waals surface area contributed by atoms with Gasteiger partial charge in [-0.05, 0) is 29.5 Å². The molecule has 14 heavy (non-hydrogen) atoms. The van der Waals surface area contributed by atoms with Crippen LogP contribution in [0.1, 0.15) is 17.8 Å². The van der Waals surface area contributed by atoms with Crippen LogP contribution in [0.5, 0.6) is 0 Å². The Kier molecular flexibility index (Phi) is 3.40. The van der Waals surface area contributed by atoms with E-state index in [1.165, 1.54) is 0 Å². The second-order valence-electron chi connectivity index (χ2n) is 2.64. The number of halogens is 3. The first kappa shape index (κ1) is 11.3. The van der Waals surface area contributed by atoms with Gasteiger partial charge in [0.15, 0.2) is 0 Å². The largest absolute Gasteiger partial charge is 0.480 e. The van der Waals surface area contributed by atoms with Gasteiger partial charge in [-0.25, -0.2) is 8.78 Å². The average Bonchev–Trinajstić information content (AvgIpc) is 2.32. The lowest BCUT2D eigenvalue weighted by atomic mass is 10.4. The predicted octanol–water partition coefficient (Wildman–Crippen LogP) is 1.82. The van der Waals surface area contributed by atoms with Crippen molar-refractivity contribution in [1.82, 2.24) is 9.78 Å². The van der Waals surface area contributed by atoms with E-state index in [4.69, 9.17) is 5.11 Å². The van der Waals surface area contributed by atoms with E-state index in [0.29, 0.717) is 9.26 Å². The maximum Gasteiger partial charge on any atom is 0.325 e. The highest BCUT2D eigenvalue weighted by atomic mass is 127. The minimum atomic E-state index is -2.67. The summed E-state index contributed by atoms with van der Waals surface area (Å²) < 4.78 is 26.0. The fourth-order valence-corrected chi connectivity index (χ4v) is 1.59. The van der Waals surface area contributed by atoms with E-state index >= 15 is 0 Å². The van der Waals surface area contributed by atoms with Crippen molar-refractivity contribution in [2.45, 2.75) is 19.9 Å². The molecule has 0 aliphatic heterocycles. The number of carboxylic acid groups (broad SMARTS) is 1. The van der Waals surface area contributed by atoms with E-state index in [9.17, 15) is 13.6 Å². The van der Waals surface area contributed by atoms with E-state index in [2.05, 4.69) is 5.10 Å². The molecule has 0 aromatic carbocycles. The van der Waals surface area contributed by atoms with Crippen molar-refractivity contribution in [3.63, 3.8) is 0 Å². The maximum absolute atomic E-state index is 12.3. The van der Waals surface area contributed by atoms with Gasteiger partial charge in [-0.1, -0.05) is 0 Å². The van der Waals surface area contributed by atoms with Gasteiger partial charge in [-0.3, -0.25) is 9.48 Å². The molecule has 1 aromatic heterocycles. The smallest absolute Gasteiger partial charge is 0.325 e. The van der Waals surface area contributed by atoms with Crippen LogP contribution in [0.3, 0.4) is 0 Å². The van der Waals surface area contributed by atoms with Crippen molar-refractivity contribution in [2.24, 2.45) is 0 Å². The van der Waals surface area contributed by atoms with Gasteiger partial charge in [0, 0.05) is 5.69 Å². The van der Waals surface area contributed by atoms with E-state index in [0.717, 1.165) is 4.68 Å². The van der Waals surface area contributed by atoms with Crippen LogP contribution in [-0.4, -0.2) is 20.9 Å². The van der Waals surface area contributed by atoms with Crippen molar-refractivity contribution in [3.8, 4) is 0 Å². The molecular weight excluding hydrogens is 309 g/mol. The number of carboxylic acids is 1. The van der Waals surface area contributed by atoms with E-state index in [-0.39, 0.29) is 5.69 Å². The molecular formula is C7H7F2IN2O2. The Bertz CT molecular complexity index is 365. The first-order valence-corrected chi connectivity index (χ1v) is 4.74. The Morgan fingerprint density at radius 2 is 2.29 bits per heavy atom. The maximum atomic E-state index is 12.3. The molecule has 0 fully saturated rings. The molecule has 0 atom stereocenters. The molecule has 0 spiro atoms. The van der Waals surface area contributed by atoms with Gasteiger partial charge in [-0.15, -0.1) is 0 Å². The van der Waals surface area contributed by atoms with E-state index < -0.39 is 18.9 Å². The number of hydrogen-bond donors (Lipinski definition) is 1. The standard InChI is InChI=1S/C7H7F2IN2O2/c1-3-5(10)6(7(8)9)11-12(3)2-4(13)14/h7H,2H2,1H3,(H,13,14). The van der Waals surface area contributed by atoms with Gasteiger partial charge in [0.05, 0.1) is 3.57 Å². The highest BCUT2D eigenvalue weighted by Crippen LogP contribution is 2.25. The van der Waals surface area contributed by atoms with Gasteiger partial charge < -0.3 is 5.11 Å². The van der Waals surface area contributed by atoms with Gasteiger partial charge >= 0.3 is 5.97 Å². The number of aliphatic carboxylic acids is 1. The second kappa shape index (κ2) is 4.20. The lowest BCUT2D eigenvalue weighted by Gasteiger charge is -1.98. The summed E-state index contributed by atoms with van der Waals surface area (Å²) in [6, 6.07) is 0. The molecule has 0 unspecified atom stereocenters. The molecule has 1 N–H and O–H groups in total. The summed E-state index contributed by atoms with van der Waals surface area (Å²) in [6.07, 6.45) is -2.67. The minimum Gasteiger partial charge on any atom is -0.480 e. The molecule has 0 aliphatic carbocycles. The van der Waals surface area contributed by atoms with Gasteiger partial charge in [-0.2, -0.15) is 5.10 Å². The molecule has 4 nitrogen and oxygen atoms in total. The topological polar surface area (TPSA) is 55.1 Å². The van der Waals surface area contributed by atoms with Crippen molar-refractivity contribution in [2.75, 3.05) is 0 Å². The molecule has 0 saturated heterocycles. The lowest BCUT2D eigenvalue weighted by Crippen LogP contribution is -2.11. The van der Waals surface area contributed by atoms with Crippen molar-refractivity contribution in [1.29, 1.82) is 0 Å². The number of aromatic nitrogens is 2. The number of carbonyl (C=O) groups is 1. The molecule has 0 aliphatic rings. The first-order chi connectivity index (χ1) is 6.43. The Balaban J connectivity index is 3.08. The van der Waals surface area contributed by atoms with Crippen LogP contribution in [0.2, 0.25) is 0 Å². The zero-order chi connectivity index (χ0) is 10.9. The van der Waals surface area contributed by atoms with Crippen molar-refractivity contribution in [3.05, 3.63) is 15.0 Å². The fraction of sp³-hybridized carbons (Fsp3) is 0.429. The Morgan fingerprint density at radius 3 is 2.64 bits per heavy atom. The summed E-state index contributed by atoms with van der Waals surface area (Å²) >= 11 is 1.73. The first-order valence-electron chi connectivity index (χ1n) is 3.66. The van der Waals surface area contributed by atoms with Gasteiger partial charge in [0.25, 0.3) is 6.43 Å². The van der Waals surface area contributed by atoms with Crippen molar-refractivity contribution < 1.29 is 18.7 Å². The summed E-state index contributed by atoms with van der Waals surface area (Å²) in [5.74, 6) is -1.10. The van der Waals surface area contributed by atoms with Crippen LogP contribution in [0.25, 0.3) is 0 Å². The number of alkyl halides is 2. The van der Waals surface area contributed by atoms with Crippen LogP contribution in [0, 0.1) is 10.5 Å².